The first-order valence-corrected chi connectivity index (χ1v) is 9.96. The summed E-state index contributed by atoms with van der Waals surface area (Å²) < 4.78 is 12.0. The first-order valence-electron chi connectivity index (χ1n) is 8.79. The Kier molecular flexibility index (Phi) is 7.06. The van der Waals surface area contributed by atoms with Gasteiger partial charge in [-0.1, -0.05) is 17.7 Å². The van der Waals surface area contributed by atoms with E-state index >= 15 is 0 Å². The molecule has 3 rings (SSSR count). The van der Waals surface area contributed by atoms with Gasteiger partial charge in [-0.15, -0.1) is 0 Å². The van der Waals surface area contributed by atoms with Gasteiger partial charge in [-0.3, -0.25) is 9.78 Å². The fourth-order valence-electron chi connectivity index (χ4n) is 2.65. The summed E-state index contributed by atoms with van der Waals surface area (Å²) in [5.41, 5.74) is 2.17. The molecular formula is C21H19BrClN3O3. The molecule has 150 valence electrons. The van der Waals surface area contributed by atoms with Crippen molar-refractivity contribution in [3.63, 3.8) is 0 Å². The lowest BCUT2D eigenvalue weighted by Gasteiger charge is -2.17. The van der Waals surface area contributed by atoms with Crippen molar-refractivity contribution in [2.45, 2.75) is 19.6 Å². The molecule has 0 spiro atoms. The van der Waals surface area contributed by atoms with Crippen LogP contribution >= 0.6 is 27.5 Å². The fraction of sp³-hybridized carbons (Fsp3) is 0.190. The molecule has 0 fully saturated rings. The summed E-state index contributed by atoms with van der Waals surface area (Å²) in [6, 6.07) is 10.7. The minimum absolute atomic E-state index is 0.148. The Morgan fingerprint density at radius 1 is 1.21 bits per heavy atom. The maximum atomic E-state index is 12.6. The number of nitrogens with one attached hydrogen (secondary N) is 1. The maximum Gasteiger partial charge on any atom is 0.254 e. The molecule has 2 heterocycles. The molecule has 2 aromatic heterocycles. The molecule has 1 aromatic carbocycles. The van der Waals surface area contributed by atoms with Gasteiger partial charge in [0.1, 0.15) is 11.8 Å². The number of ether oxygens (including phenoxy) is 2. The van der Waals surface area contributed by atoms with Gasteiger partial charge in [0.25, 0.3) is 5.91 Å². The average molecular weight is 477 g/mol. The van der Waals surface area contributed by atoms with Crippen molar-refractivity contribution in [3.8, 4) is 11.5 Å². The lowest BCUT2D eigenvalue weighted by atomic mass is 10.1. The quantitative estimate of drug-likeness (QED) is 0.487. The standard InChI is InChI=1S/C21H19BrClN3O3/c1-13(26-21(27)17-10-16(22)11-25-20(17)23)15-3-4-18(19(9-15)28-2)29-12-14-5-7-24-8-6-14/h3-11,13H,12H2,1-2H3,(H,26,27). The fourth-order valence-corrected chi connectivity index (χ4v) is 3.17. The zero-order valence-corrected chi connectivity index (χ0v) is 18.2. The van der Waals surface area contributed by atoms with Crippen LogP contribution in [0.4, 0.5) is 0 Å². The van der Waals surface area contributed by atoms with E-state index in [0.29, 0.717) is 28.1 Å². The highest BCUT2D eigenvalue weighted by atomic mass is 79.9. The molecule has 3 aromatic rings. The molecule has 1 atom stereocenters. The van der Waals surface area contributed by atoms with Crippen LogP contribution in [-0.4, -0.2) is 23.0 Å². The SMILES string of the molecule is COc1cc(C(C)NC(=O)c2cc(Br)cnc2Cl)ccc1OCc1ccncc1. The number of carbonyl (C=O) groups excluding carboxylic acids is 1. The molecule has 0 saturated heterocycles. The van der Waals surface area contributed by atoms with Crippen LogP contribution in [0, 0.1) is 0 Å². The summed E-state index contributed by atoms with van der Waals surface area (Å²) in [7, 11) is 1.58. The number of pyridine rings is 2. The van der Waals surface area contributed by atoms with E-state index in [0.717, 1.165) is 11.1 Å². The smallest absolute Gasteiger partial charge is 0.254 e. The van der Waals surface area contributed by atoms with Gasteiger partial charge in [0.2, 0.25) is 0 Å². The van der Waals surface area contributed by atoms with Gasteiger partial charge in [0.15, 0.2) is 11.5 Å². The molecule has 29 heavy (non-hydrogen) atoms. The van der Waals surface area contributed by atoms with E-state index in [-0.39, 0.29) is 17.1 Å². The van der Waals surface area contributed by atoms with E-state index < -0.39 is 0 Å². The molecule has 0 saturated carbocycles. The average Bonchev–Trinajstić information content (AvgIpc) is 2.74. The molecule has 0 bridgehead atoms. The highest BCUT2D eigenvalue weighted by Crippen LogP contribution is 2.31. The van der Waals surface area contributed by atoms with Crippen molar-refractivity contribution in [2.24, 2.45) is 0 Å². The molecule has 1 N–H and O–H groups in total. The second-order valence-electron chi connectivity index (χ2n) is 6.24. The zero-order chi connectivity index (χ0) is 20.8. The van der Waals surface area contributed by atoms with E-state index in [4.69, 9.17) is 21.1 Å². The topological polar surface area (TPSA) is 73.3 Å². The first-order chi connectivity index (χ1) is 14.0. The number of benzene rings is 1. The van der Waals surface area contributed by atoms with Crippen molar-refractivity contribution >= 4 is 33.4 Å². The Hall–Kier alpha value is -2.64. The van der Waals surface area contributed by atoms with Crippen molar-refractivity contribution in [3.05, 3.63) is 81.3 Å². The zero-order valence-electron chi connectivity index (χ0n) is 15.9. The molecule has 8 heteroatoms. The Balaban J connectivity index is 1.71. The molecule has 0 radical (unpaired) electrons. The molecule has 1 unspecified atom stereocenters. The van der Waals surface area contributed by atoms with Gasteiger partial charge in [-0.2, -0.15) is 0 Å². The van der Waals surface area contributed by atoms with Gasteiger partial charge in [0.05, 0.1) is 18.7 Å². The predicted molar refractivity (Wildman–Crippen MR) is 114 cm³/mol. The van der Waals surface area contributed by atoms with Crippen LogP contribution in [0.2, 0.25) is 5.15 Å². The number of carbonyl (C=O) groups is 1. The van der Waals surface area contributed by atoms with Crippen LogP contribution in [0.3, 0.4) is 0 Å². The number of aromatic nitrogens is 2. The van der Waals surface area contributed by atoms with Crippen LogP contribution in [0.5, 0.6) is 11.5 Å². The molecule has 0 aliphatic rings. The third-order valence-electron chi connectivity index (χ3n) is 4.23. The van der Waals surface area contributed by atoms with E-state index in [9.17, 15) is 4.79 Å². The van der Waals surface area contributed by atoms with E-state index in [2.05, 4.69) is 31.2 Å². The van der Waals surface area contributed by atoms with Gasteiger partial charge in [-0.05, 0) is 64.3 Å². The van der Waals surface area contributed by atoms with Crippen LogP contribution < -0.4 is 14.8 Å². The monoisotopic (exact) mass is 475 g/mol. The number of methoxy groups -OCH3 is 1. The number of halogens is 2. The second kappa shape index (κ2) is 9.71. The third-order valence-corrected chi connectivity index (χ3v) is 4.96. The minimum atomic E-state index is -0.312. The third kappa shape index (κ3) is 5.46. The summed E-state index contributed by atoms with van der Waals surface area (Å²) in [6.07, 6.45) is 4.98. The molecule has 0 aliphatic carbocycles. The van der Waals surface area contributed by atoms with Crippen molar-refractivity contribution in [1.82, 2.24) is 15.3 Å². The van der Waals surface area contributed by atoms with E-state index in [1.807, 2.05) is 37.3 Å². The summed E-state index contributed by atoms with van der Waals surface area (Å²) in [5.74, 6) is 0.888. The van der Waals surface area contributed by atoms with E-state index in [1.165, 1.54) is 6.20 Å². The molecule has 6 nitrogen and oxygen atoms in total. The highest BCUT2D eigenvalue weighted by Gasteiger charge is 2.17. The summed E-state index contributed by atoms with van der Waals surface area (Å²) in [6.45, 7) is 2.28. The highest BCUT2D eigenvalue weighted by molar-refractivity contribution is 9.10. The Bertz CT molecular complexity index is 1000. The molecule has 0 aliphatic heterocycles. The van der Waals surface area contributed by atoms with Crippen molar-refractivity contribution in [2.75, 3.05) is 7.11 Å². The Morgan fingerprint density at radius 2 is 1.97 bits per heavy atom. The number of nitrogens with zero attached hydrogens (tertiary/aromatic N) is 2. The first kappa shape index (κ1) is 21.1. The van der Waals surface area contributed by atoms with Crippen molar-refractivity contribution in [1.29, 1.82) is 0 Å². The van der Waals surface area contributed by atoms with Gasteiger partial charge in [0, 0.05) is 23.1 Å². The van der Waals surface area contributed by atoms with Gasteiger partial charge < -0.3 is 14.8 Å². The summed E-state index contributed by atoms with van der Waals surface area (Å²) in [4.78, 5) is 20.5. The number of hydrogen-bond acceptors (Lipinski definition) is 5. The molecular weight excluding hydrogens is 458 g/mol. The van der Waals surface area contributed by atoms with Crippen LogP contribution in [0.1, 0.15) is 34.5 Å². The summed E-state index contributed by atoms with van der Waals surface area (Å²) in [5, 5.41) is 3.07. The Morgan fingerprint density at radius 3 is 2.69 bits per heavy atom. The lowest BCUT2D eigenvalue weighted by Crippen LogP contribution is -2.27. The van der Waals surface area contributed by atoms with Gasteiger partial charge in [-0.25, -0.2) is 4.98 Å². The van der Waals surface area contributed by atoms with Crippen molar-refractivity contribution < 1.29 is 14.3 Å². The van der Waals surface area contributed by atoms with E-state index in [1.54, 1.807) is 25.6 Å². The molecule has 1 amide bonds. The normalized spacial score (nSPS) is 11.6. The van der Waals surface area contributed by atoms with Crippen LogP contribution in [0.25, 0.3) is 0 Å². The lowest BCUT2D eigenvalue weighted by molar-refractivity contribution is 0.0939. The number of amides is 1. The summed E-state index contributed by atoms with van der Waals surface area (Å²) >= 11 is 9.34. The van der Waals surface area contributed by atoms with Crippen LogP contribution in [-0.2, 0) is 6.61 Å². The van der Waals surface area contributed by atoms with Gasteiger partial charge >= 0.3 is 0 Å². The second-order valence-corrected chi connectivity index (χ2v) is 7.52. The largest absolute Gasteiger partial charge is 0.493 e. The maximum absolute atomic E-state index is 12.6. The Labute approximate surface area is 182 Å². The number of hydrogen-bond donors (Lipinski definition) is 1. The minimum Gasteiger partial charge on any atom is -0.493 e. The van der Waals surface area contributed by atoms with Crippen LogP contribution in [0.15, 0.2) is 59.5 Å². The predicted octanol–water partition coefficient (Wildman–Crippen LogP) is 4.97. The number of rotatable bonds is 7.